The lowest BCUT2D eigenvalue weighted by molar-refractivity contribution is 0.615. The summed E-state index contributed by atoms with van der Waals surface area (Å²) in [5.41, 5.74) is 2.47. The van der Waals surface area contributed by atoms with Crippen molar-refractivity contribution >= 4 is 5.96 Å². The van der Waals surface area contributed by atoms with Gasteiger partial charge in [0.15, 0.2) is 5.96 Å². The largest absolute Gasteiger partial charge is 0.357 e. The Balaban J connectivity index is 1.91. The third-order valence-electron chi connectivity index (χ3n) is 3.39. The molecule has 0 radical (unpaired) electrons. The highest BCUT2D eigenvalue weighted by Gasteiger charge is 2.00. The summed E-state index contributed by atoms with van der Waals surface area (Å²) in [6, 6.07) is 8.59. The smallest absolute Gasteiger partial charge is 0.191 e. The lowest BCUT2D eigenvalue weighted by Crippen LogP contribution is -2.39. The molecule has 1 aromatic heterocycles. The molecule has 0 bridgehead atoms. The van der Waals surface area contributed by atoms with Crippen LogP contribution >= 0.6 is 0 Å². The zero-order valence-electron chi connectivity index (χ0n) is 14.3. The predicted octanol–water partition coefficient (Wildman–Crippen LogP) is 2.64. The maximum atomic E-state index is 4.64. The standard InChI is InChI=1S/C18H27N5/c1-4-20-18(21-11-15(2)3)22-12-16-5-7-17(8-6-16)13-23-10-9-19-14-23/h5-10,14-15H,4,11-13H2,1-3H3,(H2,20,21,22). The van der Waals surface area contributed by atoms with Gasteiger partial charge in [-0.1, -0.05) is 38.1 Å². The van der Waals surface area contributed by atoms with Gasteiger partial charge < -0.3 is 15.2 Å². The van der Waals surface area contributed by atoms with Crippen molar-refractivity contribution in [1.82, 2.24) is 20.2 Å². The molecule has 0 aliphatic carbocycles. The van der Waals surface area contributed by atoms with Crippen molar-refractivity contribution in [2.75, 3.05) is 13.1 Å². The number of rotatable bonds is 7. The third kappa shape index (κ3) is 6.14. The Hall–Kier alpha value is -2.30. The van der Waals surface area contributed by atoms with E-state index < -0.39 is 0 Å². The first-order chi connectivity index (χ1) is 11.2. The number of hydrogen-bond acceptors (Lipinski definition) is 2. The van der Waals surface area contributed by atoms with Gasteiger partial charge >= 0.3 is 0 Å². The molecule has 2 N–H and O–H groups in total. The molecule has 23 heavy (non-hydrogen) atoms. The average Bonchev–Trinajstić information content (AvgIpc) is 3.04. The molecule has 0 saturated carbocycles. The monoisotopic (exact) mass is 313 g/mol. The minimum Gasteiger partial charge on any atom is -0.357 e. The van der Waals surface area contributed by atoms with Crippen LogP contribution in [0.2, 0.25) is 0 Å². The Bertz CT molecular complexity index is 584. The van der Waals surface area contributed by atoms with E-state index in [1.807, 2.05) is 12.5 Å². The lowest BCUT2D eigenvalue weighted by Gasteiger charge is -2.13. The second-order valence-electron chi connectivity index (χ2n) is 6.02. The van der Waals surface area contributed by atoms with Gasteiger partial charge in [-0.05, 0) is 24.0 Å². The highest BCUT2D eigenvalue weighted by atomic mass is 15.2. The van der Waals surface area contributed by atoms with E-state index in [1.165, 1.54) is 11.1 Å². The molecule has 0 unspecified atom stereocenters. The van der Waals surface area contributed by atoms with E-state index in [1.54, 1.807) is 6.20 Å². The first kappa shape index (κ1) is 17.1. The van der Waals surface area contributed by atoms with E-state index >= 15 is 0 Å². The number of nitrogens with one attached hydrogen (secondary N) is 2. The molecule has 0 aliphatic heterocycles. The molecule has 5 nitrogen and oxygen atoms in total. The van der Waals surface area contributed by atoms with Gasteiger partial charge in [-0.15, -0.1) is 0 Å². The van der Waals surface area contributed by atoms with Crippen LogP contribution in [0.4, 0.5) is 0 Å². The molecule has 0 saturated heterocycles. The molecule has 0 fully saturated rings. The van der Waals surface area contributed by atoms with Crippen LogP contribution in [0, 0.1) is 5.92 Å². The van der Waals surface area contributed by atoms with E-state index in [4.69, 9.17) is 0 Å². The quantitative estimate of drug-likeness (QED) is 0.610. The van der Waals surface area contributed by atoms with E-state index in [2.05, 4.69) is 70.2 Å². The van der Waals surface area contributed by atoms with Crippen molar-refractivity contribution in [3.8, 4) is 0 Å². The minimum atomic E-state index is 0.598. The zero-order valence-corrected chi connectivity index (χ0v) is 14.3. The highest BCUT2D eigenvalue weighted by molar-refractivity contribution is 5.79. The number of benzene rings is 1. The SMILES string of the molecule is CCNC(=NCc1ccc(Cn2ccnc2)cc1)NCC(C)C. The molecule has 0 amide bonds. The Morgan fingerprint density at radius 2 is 1.91 bits per heavy atom. The second kappa shape index (κ2) is 8.98. The average molecular weight is 313 g/mol. The summed E-state index contributed by atoms with van der Waals surface area (Å²) in [5.74, 6) is 1.48. The van der Waals surface area contributed by atoms with Crippen LogP contribution in [0.15, 0.2) is 48.0 Å². The third-order valence-corrected chi connectivity index (χ3v) is 3.39. The highest BCUT2D eigenvalue weighted by Crippen LogP contribution is 2.07. The summed E-state index contributed by atoms with van der Waals surface area (Å²) in [6.45, 7) is 9.78. The fourth-order valence-electron chi connectivity index (χ4n) is 2.15. The number of imidazole rings is 1. The second-order valence-corrected chi connectivity index (χ2v) is 6.02. The Morgan fingerprint density at radius 1 is 1.17 bits per heavy atom. The van der Waals surface area contributed by atoms with Crippen LogP contribution in [-0.2, 0) is 13.1 Å². The van der Waals surface area contributed by atoms with Gasteiger partial charge in [-0.3, -0.25) is 0 Å². The first-order valence-corrected chi connectivity index (χ1v) is 8.23. The van der Waals surface area contributed by atoms with Gasteiger partial charge in [0.25, 0.3) is 0 Å². The Morgan fingerprint density at radius 3 is 2.52 bits per heavy atom. The Kier molecular flexibility index (Phi) is 6.66. The normalized spacial score (nSPS) is 11.7. The summed E-state index contributed by atoms with van der Waals surface area (Å²) in [5, 5.41) is 6.64. The number of aliphatic imine (C=N–C) groups is 1. The number of guanidine groups is 1. The molecular weight excluding hydrogens is 286 g/mol. The minimum absolute atomic E-state index is 0.598. The summed E-state index contributed by atoms with van der Waals surface area (Å²) >= 11 is 0. The van der Waals surface area contributed by atoms with Gasteiger partial charge in [0.2, 0.25) is 0 Å². The van der Waals surface area contributed by atoms with Crippen molar-refractivity contribution in [3.63, 3.8) is 0 Å². The van der Waals surface area contributed by atoms with E-state index in [-0.39, 0.29) is 0 Å². The van der Waals surface area contributed by atoms with Crippen molar-refractivity contribution < 1.29 is 0 Å². The molecule has 0 aliphatic rings. The molecule has 124 valence electrons. The molecule has 1 aromatic carbocycles. The lowest BCUT2D eigenvalue weighted by atomic mass is 10.1. The van der Waals surface area contributed by atoms with Crippen LogP contribution in [0.5, 0.6) is 0 Å². The predicted molar refractivity (Wildman–Crippen MR) is 95.4 cm³/mol. The van der Waals surface area contributed by atoms with Crippen molar-refractivity contribution in [3.05, 3.63) is 54.1 Å². The molecule has 5 heteroatoms. The maximum absolute atomic E-state index is 4.64. The number of nitrogens with zero attached hydrogens (tertiary/aromatic N) is 3. The first-order valence-electron chi connectivity index (χ1n) is 8.23. The summed E-state index contributed by atoms with van der Waals surface area (Å²) < 4.78 is 2.06. The molecule has 1 heterocycles. The molecule has 2 aromatic rings. The molecule has 0 spiro atoms. The van der Waals surface area contributed by atoms with Gasteiger partial charge in [0.1, 0.15) is 0 Å². The Labute approximate surface area is 138 Å². The number of hydrogen-bond donors (Lipinski definition) is 2. The van der Waals surface area contributed by atoms with E-state index in [0.717, 1.165) is 25.6 Å². The zero-order chi connectivity index (χ0) is 16.5. The molecule has 2 rings (SSSR count). The van der Waals surface area contributed by atoms with Crippen LogP contribution in [0.3, 0.4) is 0 Å². The van der Waals surface area contributed by atoms with Crippen LogP contribution in [-0.4, -0.2) is 28.6 Å². The topological polar surface area (TPSA) is 54.2 Å². The summed E-state index contributed by atoms with van der Waals surface area (Å²) in [4.78, 5) is 8.70. The van der Waals surface area contributed by atoms with E-state index in [9.17, 15) is 0 Å². The summed E-state index contributed by atoms with van der Waals surface area (Å²) in [7, 11) is 0. The van der Waals surface area contributed by atoms with Crippen LogP contribution in [0.1, 0.15) is 31.9 Å². The number of aromatic nitrogens is 2. The van der Waals surface area contributed by atoms with Crippen molar-refractivity contribution in [2.24, 2.45) is 10.9 Å². The maximum Gasteiger partial charge on any atom is 0.191 e. The molecular formula is C18H27N5. The summed E-state index contributed by atoms with van der Waals surface area (Å²) in [6.07, 6.45) is 5.61. The van der Waals surface area contributed by atoms with Crippen LogP contribution in [0.25, 0.3) is 0 Å². The van der Waals surface area contributed by atoms with Gasteiger partial charge in [0, 0.05) is 32.0 Å². The van der Waals surface area contributed by atoms with Gasteiger partial charge in [-0.25, -0.2) is 9.98 Å². The molecule has 0 atom stereocenters. The van der Waals surface area contributed by atoms with Crippen LogP contribution < -0.4 is 10.6 Å². The fraction of sp³-hybridized carbons (Fsp3) is 0.444. The van der Waals surface area contributed by atoms with Crippen molar-refractivity contribution in [2.45, 2.75) is 33.9 Å². The fourth-order valence-corrected chi connectivity index (χ4v) is 2.15. The van der Waals surface area contributed by atoms with Gasteiger partial charge in [-0.2, -0.15) is 0 Å². The van der Waals surface area contributed by atoms with Crippen molar-refractivity contribution in [1.29, 1.82) is 0 Å². The van der Waals surface area contributed by atoms with Gasteiger partial charge in [0.05, 0.1) is 12.9 Å². The van der Waals surface area contributed by atoms with E-state index in [0.29, 0.717) is 12.5 Å².